The fourth-order valence-electron chi connectivity index (χ4n) is 1.92. The summed E-state index contributed by atoms with van der Waals surface area (Å²) in [6.45, 7) is 4.64. The quantitative estimate of drug-likeness (QED) is 0.715. The molecule has 0 radical (unpaired) electrons. The molecule has 0 saturated heterocycles. The zero-order chi connectivity index (χ0) is 12.2. The third kappa shape index (κ3) is 2.74. The highest BCUT2D eigenvalue weighted by molar-refractivity contribution is 7.90. The van der Waals surface area contributed by atoms with Gasteiger partial charge >= 0.3 is 0 Å². The van der Waals surface area contributed by atoms with Crippen molar-refractivity contribution in [2.75, 3.05) is 13.1 Å². The largest absolute Gasteiger partial charge is 0.230 e. The molecule has 1 atom stereocenters. The van der Waals surface area contributed by atoms with Crippen LogP contribution in [0.15, 0.2) is 0 Å². The molecule has 0 spiro atoms. The lowest BCUT2D eigenvalue weighted by molar-refractivity contribution is 0.249. The fourth-order valence-corrected chi connectivity index (χ4v) is 3.62. The van der Waals surface area contributed by atoms with E-state index in [2.05, 4.69) is 0 Å². The number of sulfonamides is 1. The first-order chi connectivity index (χ1) is 7.56. The van der Waals surface area contributed by atoms with Crippen molar-refractivity contribution in [2.24, 2.45) is 5.92 Å². The summed E-state index contributed by atoms with van der Waals surface area (Å²) < 4.78 is 25.7. The van der Waals surface area contributed by atoms with Crippen molar-refractivity contribution in [3.8, 4) is 6.07 Å². The van der Waals surface area contributed by atoms with Crippen LogP contribution < -0.4 is 0 Å². The SMILES string of the molecule is CCC(C#N)S(=O)(=O)N(CC)CC1CCC1. The highest BCUT2D eigenvalue weighted by Gasteiger charge is 2.32. The Morgan fingerprint density at radius 1 is 1.44 bits per heavy atom. The van der Waals surface area contributed by atoms with Crippen molar-refractivity contribution < 1.29 is 8.42 Å². The van der Waals surface area contributed by atoms with Crippen LogP contribution in [0.2, 0.25) is 0 Å². The molecule has 0 N–H and O–H groups in total. The monoisotopic (exact) mass is 244 g/mol. The number of nitrogens with zero attached hydrogens (tertiary/aromatic N) is 2. The summed E-state index contributed by atoms with van der Waals surface area (Å²) in [5, 5.41) is 7.97. The van der Waals surface area contributed by atoms with Gasteiger partial charge in [0.2, 0.25) is 10.0 Å². The van der Waals surface area contributed by atoms with Gasteiger partial charge in [-0.1, -0.05) is 20.3 Å². The summed E-state index contributed by atoms with van der Waals surface area (Å²) in [6, 6.07) is 1.89. The summed E-state index contributed by atoms with van der Waals surface area (Å²) in [4.78, 5) is 0. The minimum atomic E-state index is -3.41. The predicted octanol–water partition coefficient (Wildman–Crippen LogP) is 1.74. The van der Waals surface area contributed by atoms with Gasteiger partial charge in [0.1, 0.15) is 0 Å². The lowest BCUT2D eigenvalue weighted by Gasteiger charge is -2.32. The third-order valence-electron chi connectivity index (χ3n) is 3.27. The molecule has 1 aliphatic rings. The first-order valence-electron chi connectivity index (χ1n) is 5.94. The van der Waals surface area contributed by atoms with Gasteiger partial charge in [0.05, 0.1) is 6.07 Å². The van der Waals surface area contributed by atoms with Crippen LogP contribution in [0, 0.1) is 17.2 Å². The van der Waals surface area contributed by atoms with Gasteiger partial charge in [-0.15, -0.1) is 0 Å². The Bertz CT molecular complexity index is 355. The maximum atomic E-state index is 12.1. The molecule has 4 nitrogen and oxygen atoms in total. The first-order valence-corrected chi connectivity index (χ1v) is 7.45. The van der Waals surface area contributed by atoms with E-state index in [9.17, 15) is 8.42 Å². The highest BCUT2D eigenvalue weighted by Crippen LogP contribution is 2.28. The summed E-state index contributed by atoms with van der Waals surface area (Å²) in [6.07, 6.45) is 3.81. The van der Waals surface area contributed by atoms with E-state index in [1.807, 2.05) is 13.0 Å². The van der Waals surface area contributed by atoms with Crippen LogP contribution >= 0.6 is 0 Å². The second-order valence-corrected chi connectivity index (χ2v) is 6.43. The lowest BCUT2D eigenvalue weighted by atomic mass is 9.85. The average molecular weight is 244 g/mol. The zero-order valence-electron chi connectivity index (χ0n) is 10.0. The smallest absolute Gasteiger partial charge is 0.211 e. The molecule has 1 rings (SSSR count). The van der Waals surface area contributed by atoms with Gasteiger partial charge < -0.3 is 0 Å². The Labute approximate surface area is 98.3 Å². The molecule has 1 aliphatic carbocycles. The summed E-state index contributed by atoms with van der Waals surface area (Å²) in [5.41, 5.74) is 0. The number of nitriles is 1. The normalized spacial score (nSPS) is 19.1. The van der Waals surface area contributed by atoms with Crippen molar-refractivity contribution in [3.05, 3.63) is 0 Å². The molecule has 0 heterocycles. The standard InChI is InChI=1S/C11H20N2O2S/c1-3-11(8-12)16(14,15)13(4-2)9-10-6-5-7-10/h10-11H,3-7,9H2,1-2H3. The molecule has 0 aliphatic heterocycles. The van der Waals surface area contributed by atoms with Gasteiger partial charge in [0, 0.05) is 13.1 Å². The van der Waals surface area contributed by atoms with Crippen LogP contribution in [0.1, 0.15) is 39.5 Å². The van der Waals surface area contributed by atoms with Crippen molar-refractivity contribution in [3.63, 3.8) is 0 Å². The molecule has 1 saturated carbocycles. The maximum absolute atomic E-state index is 12.1. The van der Waals surface area contributed by atoms with Crippen LogP contribution in [-0.4, -0.2) is 31.1 Å². The van der Waals surface area contributed by atoms with Crippen LogP contribution in [0.25, 0.3) is 0 Å². The van der Waals surface area contributed by atoms with E-state index < -0.39 is 15.3 Å². The molecule has 0 bridgehead atoms. The van der Waals surface area contributed by atoms with E-state index in [1.54, 1.807) is 6.92 Å². The Morgan fingerprint density at radius 3 is 2.38 bits per heavy atom. The van der Waals surface area contributed by atoms with Gasteiger partial charge in [0.25, 0.3) is 0 Å². The minimum Gasteiger partial charge on any atom is -0.211 e. The van der Waals surface area contributed by atoms with E-state index >= 15 is 0 Å². The van der Waals surface area contributed by atoms with Gasteiger partial charge in [-0.3, -0.25) is 0 Å². The Hall–Kier alpha value is -0.600. The molecule has 0 amide bonds. The number of hydrogen-bond acceptors (Lipinski definition) is 3. The summed E-state index contributed by atoms with van der Waals surface area (Å²) in [7, 11) is -3.41. The molecule has 0 aromatic carbocycles. The van der Waals surface area contributed by atoms with Gasteiger partial charge in [-0.2, -0.15) is 5.26 Å². The summed E-state index contributed by atoms with van der Waals surface area (Å²) in [5.74, 6) is 0.505. The van der Waals surface area contributed by atoms with Gasteiger partial charge in [-0.25, -0.2) is 12.7 Å². The Morgan fingerprint density at radius 2 is 2.06 bits per heavy atom. The Kier molecular flexibility index (Phi) is 4.75. The van der Waals surface area contributed by atoms with Gasteiger partial charge in [-0.05, 0) is 25.2 Å². The van der Waals surface area contributed by atoms with Crippen LogP contribution in [0.4, 0.5) is 0 Å². The third-order valence-corrected chi connectivity index (χ3v) is 5.56. The molecule has 0 aromatic heterocycles. The topological polar surface area (TPSA) is 61.2 Å². The second-order valence-electron chi connectivity index (χ2n) is 4.32. The maximum Gasteiger partial charge on any atom is 0.230 e. The molecule has 16 heavy (non-hydrogen) atoms. The molecular weight excluding hydrogens is 224 g/mol. The van der Waals surface area contributed by atoms with E-state index in [1.165, 1.54) is 10.7 Å². The van der Waals surface area contributed by atoms with Crippen molar-refractivity contribution in [1.82, 2.24) is 4.31 Å². The zero-order valence-corrected chi connectivity index (χ0v) is 10.8. The molecule has 92 valence electrons. The molecular formula is C11H20N2O2S. The highest BCUT2D eigenvalue weighted by atomic mass is 32.2. The van der Waals surface area contributed by atoms with Crippen molar-refractivity contribution in [2.45, 2.75) is 44.8 Å². The number of rotatable bonds is 6. The first kappa shape index (κ1) is 13.5. The van der Waals surface area contributed by atoms with Gasteiger partial charge in [0.15, 0.2) is 5.25 Å². The molecule has 0 aromatic rings. The van der Waals surface area contributed by atoms with Crippen LogP contribution in [-0.2, 0) is 10.0 Å². The predicted molar refractivity (Wildman–Crippen MR) is 63.2 cm³/mol. The van der Waals surface area contributed by atoms with E-state index in [-0.39, 0.29) is 0 Å². The van der Waals surface area contributed by atoms with Crippen LogP contribution in [0.3, 0.4) is 0 Å². The molecule has 5 heteroatoms. The molecule has 1 fully saturated rings. The van der Waals surface area contributed by atoms with Crippen molar-refractivity contribution >= 4 is 10.0 Å². The average Bonchev–Trinajstić information content (AvgIpc) is 2.17. The summed E-state index contributed by atoms with van der Waals surface area (Å²) >= 11 is 0. The minimum absolute atomic E-state index is 0.361. The van der Waals surface area contributed by atoms with Crippen LogP contribution in [0.5, 0.6) is 0 Å². The van der Waals surface area contributed by atoms with E-state index in [0.29, 0.717) is 25.4 Å². The number of hydrogen-bond donors (Lipinski definition) is 0. The fraction of sp³-hybridized carbons (Fsp3) is 0.909. The lowest BCUT2D eigenvalue weighted by Crippen LogP contribution is -2.41. The van der Waals surface area contributed by atoms with Crippen molar-refractivity contribution in [1.29, 1.82) is 5.26 Å². The molecule has 1 unspecified atom stereocenters. The Balaban J connectivity index is 2.73. The van der Waals surface area contributed by atoms with E-state index in [0.717, 1.165) is 12.8 Å². The van der Waals surface area contributed by atoms with E-state index in [4.69, 9.17) is 5.26 Å². The second kappa shape index (κ2) is 5.65.